The molecule has 4 nitrogen and oxygen atoms in total. The van der Waals surface area contributed by atoms with E-state index in [9.17, 15) is 9.59 Å². The Bertz CT molecular complexity index is 604. The Morgan fingerprint density at radius 1 is 0.455 bits per heavy atom. The van der Waals surface area contributed by atoms with Crippen molar-refractivity contribution in [3.63, 3.8) is 0 Å². The fourth-order valence-electron chi connectivity index (χ4n) is 5.86. The lowest BCUT2D eigenvalue weighted by Gasteiger charge is -2.09. The van der Waals surface area contributed by atoms with Gasteiger partial charge in [-0.25, -0.2) is 0 Å². The molecule has 0 aromatic heterocycles. The predicted octanol–water partition coefficient (Wildman–Crippen LogP) is 12.7. The molecule has 0 aliphatic heterocycles. The van der Waals surface area contributed by atoms with Gasteiger partial charge in [0.05, 0.1) is 0 Å². The van der Waals surface area contributed by atoms with E-state index in [4.69, 9.17) is 11.5 Å². The number of primary amides is 2. The van der Waals surface area contributed by atoms with Gasteiger partial charge in [0.15, 0.2) is 0 Å². The topological polar surface area (TPSA) is 86.2 Å². The molecule has 0 aliphatic rings. The molecule has 0 aromatic carbocycles. The largest absolute Gasteiger partial charge is 0.370 e. The Morgan fingerprint density at radius 3 is 1.09 bits per heavy atom. The van der Waals surface area contributed by atoms with Crippen molar-refractivity contribution in [1.82, 2.24) is 0 Å². The van der Waals surface area contributed by atoms with Crippen LogP contribution < -0.4 is 11.5 Å². The van der Waals surface area contributed by atoms with Crippen LogP contribution >= 0.6 is 0 Å². The molecule has 0 fully saturated rings. The van der Waals surface area contributed by atoms with Crippen molar-refractivity contribution < 1.29 is 9.59 Å². The number of rotatable bonds is 34. The zero-order valence-electron chi connectivity index (χ0n) is 30.3. The van der Waals surface area contributed by atoms with Gasteiger partial charge < -0.3 is 11.5 Å². The van der Waals surface area contributed by atoms with Crippen LogP contribution in [0.4, 0.5) is 0 Å². The summed E-state index contributed by atoms with van der Waals surface area (Å²) in [4.78, 5) is 21.7. The van der Waals surface area contributed by atoms with Crippen LogP contribution in [0.2, 0.25) is 0 Å². The van der Waals surface area contributed by atoms with Crippen molar-refractivity contribution in [3.8, 4) is 0 Å². The second-order valence-electron chi connectivity index (χ2n) is 13.4. The van der Waals surface area contributed by atoms with E-state index in [1.54, 1.807) is 0 Å². The maximum Gasteiger partial charge on any atom is 0.220 e. The highest BCUT2D eigenvalue weighted by Gasteiger charge is 2.11. The molecule has 2 amide bonds. The molecule has 0 saturated heterocycles. The van der Waals surface area contributed by atoms with Gasteiger partial charge in [-0.3, -0.25) is 9.59 Å². The smallest absolute Gasteiger partial charge is 0.220 e. The van der Waals surface area contributed by atoms with Crippen molar-refractivity contribution in [3.05, 3.63) is 12.2 Å². The first-order valence-electron chi connectivity index (χ1n) is 19.7. The second kappa shape index (κ2) is 39.7. The Kier molecular flexibility index (Phi) is 40.4. The van der Waals surface area contributed by atoms with Gasteiger partial charge in [-0.2, -0.15) is 0 Å². The minimum atomic E-state index is -0.156. The van der Waals surface area contributed by atoms with Gasteiger partial charge in [-0.05, 0) is 44.9 Å². The van der Waals surface area contributed by atoms with Crippen LogP contribution in [0.25, 0.3) is 0 Å². The molecule has 0 aliphatic carbocycles. The zero-order valence-corrected chi connectivity index (χ0v) is 30.3. The van der Waals surface area contributed by atoms with Gasteiger partial charge >= 0.3 is 0 Å². The average molecular weight is 621 g/mol. The predicted molar refractivity (Wildman–Crippen MR) is 196 cm³/mol. The quantitative estimate of drug-likeness (QED) is 0.0554. The summed E-state index contributed by atoms with van der Waals surface area (Å²) >= 11 is 0. The van der Waals surface area contributed by atoms with Crippen LogP contribution in [-0.4, -0.2) is 11.8 Å². The van der Waals surface area contributed by atoms with E-state index in [0.29, 0.717) is 6.42 Å². The molecule has 0 bridgehead atoms. The minimum absolute atomic E-state index is 0.109. The Morgan fingerprint density at radius 2 is 0.773 bits per heavy atom. The number of hydrogen-bond donors (Lipinski definition) is 2. The molecule has 0 radical (unpaired) electrons. The number of hydrogen-bond acceptors (Lipinski definition) is 2. The van der Waals surface area contributed by atoms with Crippen LogP contribution in [0.15, 0.2) is 12.2 Å². The van der Waals surface area contributed by atoms with E-state index in [1.807, 2.05) is 0 Å². The summed E-state index contributed by atoms with van der Waals surface area (Å²) in [6.07, 6.45) is 46.1. The van der Waals surface area contributed by atoms with Crippen molar-refractivity contribution in [2.45, 2.75) is 226 Å². The Balaban J connectivity index is 0. The third-order valence-corrected chi connectivity index (χ3v) is 8.99. The van der Waals surface area contributed by atoms with Gasteiger partial charge in [-0.1, -0.05) is 187 Å². The highest BCUT2D eigenvalue weighted by atomic mass is 16.1. The standard InChI is InChI=1S/C22H43NO.C18H37NO/c1-2-3-4-5-6-7-8-9-10-11-12-13-14-15-16-17-18-19-20-21-22(23)24;1-3-5-6-7-8-9-10-11-12-13-14-15-16-17(4-2)18(19)20/h9-10H,2-8,11-21H2,1H3,(H2,23,24);17H,3-16H2,1-2H3,(H2,19,20)/b10-9-;. The summed E-state index contributed by atoms with van der Waals surface area (Å²) in [5.74, 6) is -0.162. The van der Waals surface area contributed by atoms with Gasteiger partial charge in [0, 0.05) is 12.3 Å². The van der Waals surface area contributed by atoms with Gasteiger partial charge in [0.1, 0.15) is 0 Å². The maximum atomic E-state index is 11.1. The van der Waals surface area contributed by atoms with Crippen LogP contribution in [0.5, 0.6) is 0 Å². The normalized spacial score (nSPS) is 11.9. The number of nitrogens with two attached hydrogens (primary N) is 2. The lowest BCUT2D eigenvalue weighted by Crippen LogP contribution is -2.22. The first kappa shape index (κ1) is 44.8. The Hall–Kier alpha value is -1.32. The van der Waals surface area contributed by atoms with E-state index >= 15 is 0 Å². The van der Waals surface area contributed by atoms with Gasteiger partial charge in [-0.15, -0.1) is 0 Å². The monoisotopic (exact) mass is 621 g/mol. The number of allylic oxidation sites excluding steroid dienone is 2. The van der Waals surface area contributed by atoms with Gasteiger partial charge in [0.25, 0.3) is 0 Å². The molecule has 0 aromatic rings. The maximum absolute atomic E-state index is 11.1. The molecule has 1 unspecified atom stereocenters. The molecular formula is C40H80N2O2. The van der Waals surface area contributed by atoms with Crippen molar-refractivity contribution >= 4 is 11.8 Å². The average Bonchev–Trinajstić information content (AvgIpc) is 3.00. The second-order valence-corrected chi connectivity index (χ2v) is 13.4. The minimum Gasteiger partial charge on any atom is -0.370 e. The molecule has 0 saturated carbocycles. The summed E-state index contributed by atoms with van der Waals surface area (Å²) in [6, 6.07) is 0. The summed E-state index contributed by atoms with van der Waals surface area (Å²) in [5.41, 5.74) is 10.5. The summed E-state index contributed by atoms with van der Waals surface area (Å²) < 4.78 is 0. The van der Waals surface area contributed by atoms with Crippen LogP contribution in [-0.2, 0) is 9.59 Å². The molecule has 0 rings (SSSR count). The molecule has 4 heteroatoms. The van der Waals surface area contributed by atoms with Crippen LogP contribution in [0.3, 0.4) is 0 Å². The van der Waals surface area contributed by atoms with E-state index in [0.717, 1.165) is 25.7 Å². The summed E-state index contributed by atoms with van der Waals surface area (Å²) in [7, 11) is 0. The van der Waals surface area contributed by atoms with Crippen molar-refractivity contribution in [2.24, 2.45) is 17.4 Å². The molecule has 1 atom stereocenters. The van der Waals surface area contributed by atoms with E-state index in [2.05, 4.69) is 32.9 Å². The third-order valence-electron chi connectivity index (χ3n) is 8.99. The third kappa shape index (κ3) is 40.7. The number of carbonyl (C=O) groups excluding carboxylic acids is 2. The summed E-state index contributed by atoms with van der Waals surface area (Å²) in [6.45, 7) is 6.60. The van der Waals surface area contributed by atoms with Crippen molar-refractivity contribution in [2.75, 3.05) is 0 Å². The van der Waals surface area contributed by atoms with Crippen LogP contribution in [0.1, 0.15) is 226 Å². The fourth-order valence-corrected chi connectivity index (χ4v) is 5.86. The lowest BCUT2D eigenvalue weighted by molar-refractivity contribution is -0.122. The molecule has 4 N–H and O–H groups in total. The van der Waals surface area contributed by atoms with E-state index in [-0.39, 0.29) is 17.7 Å². The first-order chi connectivity index (χ1) is 21.5. The number of carbonyl (C=O) groups is 2. The molecule has 0 spiro atoms. The molecule has 0 heterocycles. The first-order valence-corrected chi connectivity index (χ1v) is 19.7. The van der Waals surface area contributed by atoms with E-state index < -0.39 is 0 Å². The van der Waals surface area contributed by atoms with Crippen molar-refractivity contribution in [1.29, 1.82) is 0 Å². The zero-order chi connectivity index (χ0) is 32.8. The molecule has 262 valence electrons. The Labute approximate surface area is 276 Å². The molecular weight excluding hydrogens is 540 g/mol. The lowest BCUT2D eigenvalue weighted by atomic mass is 9.97. The van der Waals surface area contributed by atoms with Crippen LogP contribution in [0, 0.1) is 5.92 Å². The summed E-state index contributed by atoms with van der Waals surface area (Å²) in [5, 5.41) is 0. The SMILES string of the molecule is CCCCCCCC/C=C\CCCCCCCCCCCC(N)=O.CCCCCCCCCCCCCCC(CC)C(N)=O. The fraction of sp³-hybridized carbons (Fsp3) is 0.900. The van der Waals surface area contributed by atoms with Gasteiger partial charge in [0.2, 0.25) is 11.8 Å². The highest BCUT2D eigenvalue weighted by Crippen LogP contribution is 2.16. The molecule has 44 heavy (non-hydrogen) atoms. The number of amides is 2. The number of unbranched alkanes of at least 4 members (excludes halogenated alkanes) is 26. The van der Waals surface area contributed by atoms with E-state index in [1.165, 1.54) is 173 Å². The highest BCUT2D eigenvalue weighted by molar-refractivity contribution is 5.76.